The average Bonchev–Trinajstić information content (AvgIpc) is 3.99. The molecule has 0 saturated heterocycles. The van der Waals surface area contributed by atoms with E-state index in [1.165, 1.54) is 110 Å². The summed E-state index contributed by atoms with van der Waals surface area (Å²) in [6.07, 6.45) is 17.4. The van der Waals surface area contributed by atoms with Gasteiger partial charge in [-0.05, 0) is 118 Å². The number of phenols is 2. The predicted octanol–water partition coefficient (Wildman–Crippen LogP) is 16.8. The number of para-hydroxylation sites is 2. The summed E-state index contributed by atoms with van der Waals surface area (Å²) < 4.78 is 2.23. The first kappa shape index (κ1) is 41.1. The van der Waals surface area contributed by atoms with Gasteiger partial charge >= 0.3 is 0 Å². The number of hydrogen-bond donors (Lipinski definition) is 2. The van der Waals surface area contributed by atoms with Crippen molar-refractivity contribution >= 4 is 43.1 Å². The normalized spacial score (nSPS) is 13.0. The van der Waals surface area contributed by atoms with Gasteiger partial charge in [0, 0.05) is 5.41 Å². The Bertz CT molecular complexity index is 2540. The van der Waals surface area contributed by atoms with Gasteiger partial charge < -0.3 is 10.2 Å². The van der Waals surface area contributed by atoms with Gasteiger partial charge in [-0.15, -0.1) is 22.7 Å². The van der Waals surface area contributed by atoms with Gasteiger partial charge in [0.1, 0.15) is 21.5 Å². The number of phenolic OH excluding ortho intramolecular Hbond substituents is 2. The van der Waals surface area contributed by atoms with E-state index in [4.69, 9.17) is 9.97 Å². The first-order valence-electron chi connectivity index (χ1n) is 22.6. The molecule has 0 amide bonds. The Balaban J connectivity index is 1.14. The van der Waals surface area contributed by atoms with Crippen LogP contribution in [0.25, 0.3) is 75.0 Å². The molecule has 2 aromatic heterocycles. The van der Waals surface area contributed by atoms with Crippen LogP contribution in [0.5, 0.6) is 11.5 Å². The number of aromatic nitrogens is 2. The molecule has 0 unspecified atom stereocenters. The van der Waals surface area contributed by atoms with Gasteiger partial charge in [0.25, 0.3) is 0 Å². The standard InChI is InChI=1S/C55H56N2O2S2/c1-3-5-7-9-11-17-31-55(32-18-12-10-8-6-4-2)45-35-39(37-25-29-49(58)43(33-37)53-56-47-19-13-15-21-51(47)60-53)23-27-41(45)42-28-24-40(36-46(42)55)38-26-30-50(59)44(34-38)54-57-48-20-14-16-22-52(48)61-54/h13-16,19-30,33-36,58-59H,3-12,17-18,31-32H2,1-2H3. The van der Waals surface area contributed by atoms with Crippen LogP contribution >= 0.6 is 22.7 Å². The van der Waals surface area contributed by atoms with Crippen molar-refractivity contribution in [2.45, 2.75) is 109 Å². The van der Waals surface area contributed by atoms with E-state index in [-0.39, 0.29) is 16.9 Å². The van der Waals surface area contributed by atoms with Crippen molar-refractivity contribution in [1.82, 2.24) is 9.97 Å². The van der Waals surface area contributed by atoms with Crippen LogP contribution in [0.2, 0.25) is 0 Å². The molecular weight excluding hydrogens is 785 g/mol. The second-order valence-electron chi connectivity index (χ2n) is 17.1. The molecule has 0 bridgehead atoms. The summed E-state index contributed by atoms with van der Waals surface area (Å²) in [4.78, 5) is 9.84. The zero-order valence-electron chi connectivity index (χ0n) is 35.6. The molecular formula is C55H56N2O2S2. The summed E-state index contributed by atoms with van der Waals surface area (Å²) in [5.41, 5.74) is 13.4. The van der Waals surface area contributed by atoms with Crippen LogP contribution in [-0.2, 0) is 5.41 Å². The van der Waals surface area contributed by atoms with Crippen LogP contribution in [0.3, 0.4) is 0 Å². The highest BCUT2D eigenvalue weighted by Crippen LogP contribution is 2.56. The Morgan fingerprint density at radius 1 is 0.426 bits per heavy atom. The average molecular weight is 841 g/mol. The summed E-state index contributed by atoms with van der Waals surface area (Å²) in [5.74, 6) is 0.509. The molecule has 2 heterocycles. The molecule has 310 valence electrons. The minimum Gasteiger partial charge on any atom is -0.507 e. The van der Waals surface area contributed by atoms with Crippen LogP contribution in [0.15, 0.2) is 121 Å². The maximum Gasteiger partial charge on any atom is 0.128 e. The molecule has 2 N–H and O–H groups in total. The van der Waals surface area contributed by atoms with Crippen molar-refractivity contribution in [1.29, 1.82) is 0 Å². The molecule has 1 aliphatic carbocycles. The monoisotopic (exact) mass is 840 g/mol. The van der Waals surface area contributed by atoms with E-state index in [9.17, 15) is 10.2 Å². The highest BCUT2D eigenvalue weighted by atomic mass is 32.1. The van der Waals surface area contributed by atoms with Gasteiger partial charge in [0.05, 0.1) is 31.6 Å². The van der Waals surface area contributed by atoms with Crippen LogP contribution in [0.1, 0.15) is 115 Å². The minimum absolute atomic E-state index is 0.133. The van der Waals surface area contributed by atoms with Gasteiger partial charge in [-0.25, -0.2) is 9.97 Å². The minimum atomic E-state index is -0.133. The molecule has 8 aromatic rings. The zero-order valence-corrected chi connectivity index (χ0v) is 37.2. The van der Waals surface area contributed by atoms with Gasteiger partial charge in [0.2, 0.25) is 0 Å². The van der Waals surface area contributed by atoms with Crippen molar-refractivity contribution in [2.75, 3.05) is 0 Å². The smallest absolute Gasteiger partial charge is 0.128 e. The van der Waals surface area contributed by atoms with Crippen molar-refractivity contribution in [3.05, 3.63) is 132 Å². The van der Waals surface area contributed by atoms with E-state index in [0.717, 1.165) is 65.5 Å². The molecule has 9 rings (SSSR count). The first-order chi connectivity index (χ1) is 30.0. The Morgan fingerprint density at radius 2 is 0.820 bits per heavy atom. The van der Waals surface area contributed by atoms with Gasteiger partial charge in [-0.3, -0.25) is 0 Å². The van der Waals surface area contributed by atoms with E-state index in [1.807, 2.05) is 48.5 Å². The van der Waals surface area contributed by atoms with E-state index < -0.39 is 0 Å². The number of unbranched alkanes of at least 4 members (excludes halogenated alkanes) is 10. The third-order valence-electron chi connectivity index (χ3n) is 13.0. The molecule has 6 heteroatoms. The molecule has 1 aliphatic rings. The van der Waals surface area contributed by atoms with Crippen LogP contribution in [-0.4, -0.2) is 20.2 Å². The molecule has 0 saturated carbocycles. The predicted molar refractivity (Wildman–Crippen MR) is 260 cm³/mol. The molecule has 6 aromatic carbocycles. The van der Waals surface area contributed by atoms with Crippen molar-refractivity contribution in [3.8, 4) is 66.0 Å². The molecule has 4 nitrogen and oxygen atoms in total. The first-order valence-corrected chi connectivity index (χ1v) is 24.3. The van der Waals surface area contributed by atoms with Crippen molar-refractivity contribution in [3.63, 3.8) is 0 Å². The molecule has 0 spiro atoms. The van der Waals surface area contributed by atoms with Crippen molar-refractivity contribution in [2.24, 2.45) is 0 Å². The number of rotatable bonds is 18. The number of fused-ring (bicyclic) bond motifs is 5. The SMILES string of the molecule is CCCCCCCCC1(CCCCCCCC)c2cc(-c3ccc(O)c(-c4nc5ccccc5s4)c3)ccc2-c2ccc(-c3ccc(O)c(-c4nc5ccccc5s4)c3)cc21. The fourth-order valence-electron chi connectivity index (χ4n) is 9.68. The van der Waals surface area contributed by atoms with E-state index in [1.54, 1.807) is 22.7 Å². The Morgan fingerprint density at radius 3 is 1.26 bits per heavy atom. The van der Waals surface area contributed by atoms with Gasteiger partial charge in [-0.2, -0.15) is 0 Å². The highest BCUT2D eigenvalue weighted by molar-refractivity contribution is 7.22. The van der Waals surface area contributed by atoms with E-state index in [0.29, 0.717) is 0 Å². The summed E-state index contributed by atoms with van der Waals surface area (Å²) in [6, 6.07) is 42.7. The van der Waals surface area contributed by atoms with Crippen LogP contribution < -0.4 is 0 Å². The summed E-state index contributed by atoms with van der Waals surface area (Å²) >= 11 is 3.25. The molecule has 61 heavy (non-hydrogen) atoms. The summed E-state index contributed by atoms with van der Waals surface area (Å²) in [6.45, 7) is 4.59. The lowest BCUT2D eigenvalue weighted by atomic mass is 9.70. The summed E-state index contributed by atoms with van der Waals surface area (Å²) in [5, 5.41) is 24.0. The van der Waals surface area contributed by atoms with E-state index >= 15 is 0 Å². The second kappa shape index (κ2) is 18.4. The van der Waals surface area contributed by atoms with Crippen LogP contribution in [0, 0.1) is 0 Å². The number of nitrogens with zero attached hydrogens (tertiary/aromatic N) is 2. The Labute approximate surface area is 369 Å². The zero-order chi connectivity index (χ0) is 41.8. The molecule has 0 fully saturated rings. The number of hydrogen-bond acceptors (Lipinski definition) is 6. The molecule has 0 atom stereocenters. The fourth-order valence-corrected chi connectivity index (χ4v) is 11.7. The summed E-state index contributed by atoms with van der Waals surface area (Å²) in [7, 11) is 0. The van der Waals surface area contributed by atoms with Crippen LogP contribution in [0.4, 0.5) is 0 Å². The Hall–Kier alpha value is -5.30. The lowest BCUT2D eigenvalue weighted by Crippen LogP contribution is -2.25. The molecule has 0 aliphatic heterocycles. The maximum absolute atomic E-state index is 11.2. The van der Waals surface area contributed by atoms with Crippen molar-refractivity contribution < 1.29 is 10.2 Å². The number of aromatic hydroxyl groups is 2. The third-order valence-corrected chi connectivity index (χ3v) is 15.1. The largest absolute Gasteiger partial charge is 0.507 e. The maximum atomic E-state index is 11.2. The topological polar surface area (TPSA) is 66.2 Å². The van der Waals surface area contributed by atoms with E-state index in [2.05, 4.69) is 86.6 Å². The molecule has 0 radical (unpaired) electrons. The third kappa shape index (κ3) is 8.37. The number of benzene rings is 6. The second-order valence-corrected chi connectivity index (χ2v) is 19.1. The number of thiazole rings is 2. The lowest BCUT2D eigenvalue weighted by molar-refractivity contribution is 0.398. The highest BCUT2D eigenvalue weighted by Gasteiger charge is 2.42. The lowest BCUT2D eigenvalue weighted by Gasteiger charge is -2.33. The fraction of sp³-hybridized carbons (Fsp3) is 0.309. The Kier molecular flexibility index (Phi) is 12.4. The van der Waals surface area contributed by atoms with Gasteiger partial charge in [0.15, 0.2) is 0 Å². The quantitative estimate of drug-likeness (QED) is 0.0845. The van der Waals surface area contributed by atoms with Gasteiger partial charge in [-0.1, -0.05) is 152 Å².